The first kappa shape index (κ1) is 20.4. The molecule has 0 aliphatic heterocycles. The third-order valence-electron chi connectivity index (χ3n) is 2.51. The summed E-state index contributed by atoms with van der Waals surface area (Å²) in [5, 5.41) is 1.06. The van der Waals surface area contributed by atoms with Crippen molar-refractivity contribution >= 4 is 29.4 Å². The van der Waals surface area contributed by atoms with Crippen LogP contribution in [0.15, 0.2) is 34.9 Å². The third kappa shape index (κ3) is 6.10. The predicted molar refractivity (Wildman–Crippen MR) is 85.1 cm³/mol. The molecule has 5 nitrogen and oxygen atoms in total. The van der Waals surface area contributed by atoms with Gasteiger partial charge in [-0.15, -0.1) is 0 Å². The van der Waals surface area contributed by atoms with Crippen LogP contribution in [0.4, 0.5) is 13.2 Å². The van der Waals surface area contributed by atoms with Crippen LogP contribution in [-0.4, -0.2) is 26.8 Å². The van der Waals surface area contributed by atoms with Gasteiger partial charge in [-0.05, 0) is 44.3 Å². The molecule has 24 heavy (non-hydrogen) atoms. The molecule has 0 aliphatic carbocycles. The molecule has 0 atom stereocenters. The molecule has 0 N–H and O–H groups in total. The van der Waals surface area contributed by atoms with Crippen LogP contribution in [0.2, 0.25) is 19.6 Å². The van der Waals surface area contributed by atoms with Crippen molar-refractivity contribution in [1.82, 2.24) is 0 Å². The third-order valence-corrected chi connectivity index (χ3v) is 3.91. The van der Waals surface area contributed by atoms with Crippen molar-refractivity contribution in [2.75, 3.05) is 0 Å². The maximum atomic E-state index is 10.7. The maximum Gasteiger partial charge on any atom is 0.485 e. The van der Waals surface area contributed by atoms with Crippen LogP contribution in [0.3, 0.4) is 0 Å². The molecule has 0 radical (unpaired) electrons. The lowest BCUT2D eigenvalue weighted by molar-refractivity contribution is -0.0517. The highest BCUT2D eigenvalue weighted by Crippen LogP contribution is 2.28. The average molecular weight is 382 g/mol. The molecule has 0 bridgehead atoms. The zero-order valence-electron chi connectivity index (χ0n) is 13.5. The van der Waals surface area contributed by atoms with Gasteiger partial charge in [0.25, 0.3) is 0 Å². The van der Waals surface area contributed by atoms with E-state index in [0.29, 0.717) is 0 Å². The van der Waals surface area contributed by atoms with E-state index in [1.165, 1.54) is 5.56 Å². The molecule has 0 unspecified atom stereocenters. The first-order valence-electron chi connectivity index (χ1n) is 6.73. The van der Waals surface area contributed by atoms with E-state index in [1.807, 2.05) is 18.2 Å². The van der Waals surface area contributed by atoms with Crippen LogP contribution in [0, 0.1) is 6.92 Å². The van der Waals surface area contributed by atoms with Gasteiger partial charge in [0.2, 0.25) is 8.32 Å². The van der Waals surface area contributed by atoms with Gasteiger partial charge >= 0.3 is 17.4 Å². The number of alkyl halides is 3. The minimum Gasteiger partial charge on any atom is -0.741 e. The average Bonchev–Trinajstić information content (AvgIpc) is 2.36. The second-order valence-corrected chi connectivity index (χ2v) is 11.7. The fourth-order valence-electron chi connectivity index (χ4n) is 1.62. The standard InChI is InChI=1S/C13H17O2Si.CHF3O3S/c1-10-5-6-12-11(9-10)13(7-8-14-12)15-16(2,3)4;2-1(3,4)8(5,6)7/h5-9H,1-4H3;(H,5,6,7)/q+1;/p-1. The van der Waals surface area contributed by atoms with E-state index in [0.717, 1.165) is 16.7 Å². The molecule has 0 amide bonds. The first-order valence-corrected chi connectivity index (χ1v) is 11.5. The minimum absolute atomic E-state index is 0.876. The van der Waals surface area contributed by atoms with E-state index in [-0.39, 0.29) is 0 Å². The molecule has 0 saturated heterocycles. The summed E-state index contributed by atoms with van der Waals surface area (Å²) in [5.74, 6) is 0.934. The lowest BCUT2D eigenvalue weighted by atomic mass is 10.1. The number of hydrogen-bond donors (Lipinski definition) is 0. The summed E-state index contributed by atoms with van der Waals surface area (Å²) in [5.41, 5.74) is -3.55. The number of fused-ring (bicyclic) bond motifs is 1. The van der Waals surface area contributed by atoms with E-state index in [9.17, 15) is 13.2 Å². The van der Waals surface area contributed by atoms with E-state index in [4.69, 9.17) is 21.8 Å². The second kappa shape index (κ2) is 7.07. The fourth-order valence-corrected chi connectivity index (χ4v) is 2.45. The van der Waals surface area contributed by atoms with Crippen molar-refractivity contribution in [2.24, 2.45) is 0 Å². The van der Waals surface area contributed by atoms with Crippen molar-refractivity contribution in [3.05, 3.63) is 36.1 Å². The van der Waals surface area contributed by atoms with Crippen LogP contribution in [-0.2, 0) is 10.1 Å². The Hall–Kier alpha value is -1.65. The second-order valence-electron chi connectivity index (χ2n) is 5.90. The minimum atomic E-state index is -6.09. The molecule has 2 rings (SSSR count). The monoisotopic (exact) mass is 382 g/mol. The van der Waals surface area contributed by atoms with E-state index >= 15 is 0 Å². The van der Waals surface area contributed by atoms with Crippen LogP contribution in [0.5, 0.6) is 5.75 Å². The van der Waals surface area contributed by atoms with Gasteiger partial charge in [0.05, 0.1) is 6.07 Å². The number of rotatable bonds is 2. The molecular formula is C14H17F3O5SSi. The fraction of sp³-hybridized carbons (Fsp3) is 0.357. The molecule has 1 aromatic heterocycles. The van der Waals surface area contributed by atoms with Crippen LogP contribution in [0.1, 0.15) is 5.56 Å². The summed E-state index contributed by atoms with van der Waals surface area (Å²) in [6.45, 7) is 8.61. The molecule has 0 spiro atoms. The zero-order chi connectivity index (χ0) is 18.8. The molecule has 0 aliphatic rings. The van der Waals surface area contributed by atoms with Crippen molar-refractivity contribution in [3.8, 4) is 5.75 Å². The van der Waals surface area contributed by atoms with Gasteiger partial charge in [0, 0.05) is 6.07 Å². The van der Waals surface area contributed by atoms with Gasteiger partial charge in [-0.1, -0.05) is 0 Å². The van der Waals surface area contributed by atoms with Gasteiger partial charge in [-0.2, -0.15) is 13.2 Å². The Bertz CT molecular complexity index is 813. The molecule has 1 aromatic carbocycles. The van der Waals surface area contributed by atoms with Crippen LogP contribution >= 0.6 is 0 Å². The normalized spacial score (nSPS) is 12.5. The highest BCUT2D eigenvalue weighted by molar-refractivity contribution is 7.86. The molecule has 1 heterocycles. The number of aryl methyl sites for hydroxylation is 1. The predicted octanol–water partition coefficient (Wildman–Crippen LogP) is 4.29. The van der Waals surface area contributed by atoms with Crippen molar-refractivity contribution in [3.63, 3.8) is 0 Å². The molecule has 0 fully saturated rings. The number of benzene rings is 1. The zero-order valence-corrected chi connectivity index (χ0v) is 15.3. The number of hydrogen-bond acceptors (Lipinski definition) is 4. The van der Waals surface area contributed by atoms with Crippen molar-refractivity contribution < 1.29 is 35.0 Å². The van der Waals surface area contributed by atoms with Crippen molar-refractivity contribution in [1.29, 1.82) is 0 Å². The van der Waals surface area contributed by atoms with Gasteiger partial charge < -0.3 is 8.98 Å². The topological polar surface area (TPSA) is 77.7 Å². The molecule has 0 saturated carbocycles. The molecule has 2 aromatic rings. The van der Waals surface area contributed by atoms with Crippen molar-refractivity contribution in [2.45, 2.75) is 32.1 Å². The SMILES string of the molecule is Cc1ccc2[o+]ccc(O[Si](C)(C)C)c2c1.O=S(=O)([O-])C(F)(F)F. The van der Waals surface area contributed by atoms with Crippen LogP contribution in [0.25, 0.3) is 11.0 Å². The highest BCUT2D eigenvalue weighted by Gasteiger charge is 2.36. The Morgan fingerprint density at radius 1 is 1.17 bits per heavy atom. The van der Waals surface area contributed by atoms with Crippen LogP contribution < -0.4 is 4.43 Å². The van der Waals surface area contributed by atoms with E-state index in [1.54, 1.807) is 6.26 Å². The lowest BCUT2D eigenvalue weighted by Gasteiger charge is -2.18. The Labute approximate surface area is 138 Å². The maximum absolute atomic E-state index is 10.7. The van der Waals surface area contributed by atoms with Gasteiger partial charge in [-0.25, -0.2) is 12.8 Å². The summed E-state index contributed by atoms with van der Waals surface area (Å²) in [4.78, 5) is 0. The Balaban J connectivity index is 0.000000307. The summed E-state index contributed by atoms with van der Waals surface area (Å²) in [6, 6.07) is 8.04. The largest absolute Gasteiger partial charge is 0.741 e. The molecule has 10 heteroatoms. The van der Waals surface area contributed by atoms with Gasteiger partial charge in [0.1, 0.15) is 11.1 Å². The smallest absolute Gasteiger partial charge is 0.485 e. The Morgan fingerprint density at radius 3 is 2.17 bits per heavy atom. The Kier molecular flexibility index (Phi) is 6.01. The van der Waals surface area contributed by atoms with Gasteiger partial charge in [0.15, 0.2) is 10.1 Å². The van der Waals surface area contributed by atoms with Gasteiger partial charge in [-0.3, -0.25) is 0 Å². The number of halogens is 3. The lowest BCUT2D eigenvalue weighted by Crippen LogP contribution is -2.29. The summed E-state index contributed by atoms with van der Waals surface area (Å²) in [6.07, 6.45) is 1.69. The van der Waals surface area contributed by atoms with E-state index in [2.05, 4.69) is 32.6 Å². The quantitative estimate of drug-likeness (QED) is 0.335. The Morgan fingerprint density at radius 2 is 1.71 bits per heavy atom. The highest BCUT2D eigenvalue weighted by atomic mass is 32.2. The molecular weight excluding hydrogens is 365 g/mol. The first-order chi connectivity index (χ1) is 10.7. The summed E-state index contributed by atoms with van der Waals surface area (Å²) < 4.78 is 70.4. The van der Waals surface area contributed by atoms with E-state index < -0.39 is 23.9 Å². The molecule has 134 valence electrons. The summed E-state index contributed by atoms with van der Waals surface area (Å²) >= 11 is 0. The summed E-state index contributed by atoms with van der Waals surface area (Å²) in [7, 11) is -7.66.